The van der Waals surface area contributed by atoms with Crippen molar-refractivity contribution in [3.05, 3.63) is 90.4 Å². The van der Waals surface area contributed by atoms with Crippen molar-refractivity contribution in [3.63, 3.8) is 0 Å². The van der Waals surface area contributed by atoms with Crippen molar-refractivity contribution >= 4 is 34.0 Å². The van der Waals surface area contributed by atoms with Crippen LogP contribution in [0.3, 0.4) is 0 Å². The Labute approximate surface area is 183 Å². The smallest absolute Gasteiger partial charge is 0.313 e. The van der Waals surface area contributed by atoms with Crippen molar-refractivity contribution in [2.45, 2.75) is 6.42 Å². The summed E-state index contributed by atoms with van der Waals surface area (Å²) in [6.07, 6.45) is 1.51. The van der Waals surface area contributed by atoms with Gasteiger partial charge in [0.05, 0.1) is 6.26 Å². The molecule has 1 aliphatic heterocycles. The number of hydrogen-bond donors (Lipinski definition) is 1. The molecule has 0 saturated carbocycles. The lowest BCUT2D eigenvalue weighted by Gasteiger charge is -2.10. The van der Waals surface area contributed by atoms with Crippen LogP contribution in [-0.4, -0.2) is 24.3 Å². The van der Waals surface area contributed by atoms with Crippen LogP contribution in [0.15, 0.2) is 88.5 Å². The Morgan fingerprint density at radius 2 is 1.72 bits per heavy atom. The molecule has 1 N–H and O–H groups in total. The lowest BCUT2D eigenvalue weighted by molar-refractivity contribution is -0.110. The highest BCUT2D eigenvalue weighted by atomic mass is 16.7. The van der Waals surface area contributed by atoms with E-state index in [1.165, 1.54) is 12.3 Å². The van der Waals surface area contributed by atoms with Gasteiger partial charge in [-0.05, 0) is 52.7 Å². The third-order valence-electron chi connectivity index (χ3n) is 5.05. The van der Waals surface area contributed by atoms with E-state index in [0.717, 1.165) is 16.3 Å². The minimum atomic E-state index is -0.626. The van der Waals surface area contributed by atoms with E-state index < -0.39 is 11.8 Å². The van der Waals surface area contributed by atoms with Gasteiger partial charge in [0.1, 0.15) is 5.71 Å². The molecule has 2 amide bonds. The van der Waals surface area contributed by atoms with Crippen molar-refractivity contribution < 1.29 is 23.5 Å². The van der Waals surface area contributed by atoms with Gasteiger partial charge >= 0.3 is 5.91 Å². The first kappa shape index (κ1) is 19.6. The van der Waals surface area contributed by atoms with Crippen LogP contribution in [0.5, 0.6) is 11.5 Å². The number of hydrogen-bond acceptors (Lipinski definition) is 5. The van der Waals surface area contributed by atoms with Gasteiger partial charge < -0.3 is 19.2 Å². The SMILES string of the molecule is O=C(Nc1ccc2ccccc2c1)C(Cc1ccc2c(c1)OCO2)=NC(=O)c1ccco1. The van der Waals surface area contributed by atoms with Gasteiger partial charge in [0, 0.05) is 12.1 Å². The maximum Gasteiger partial charge on any atom is 0.313 e. The van der Waals surface area contributed by atoms with E-state index in [1.807, 2.05) is 48.5 Å². The minimum absolute atomic E-state index is 0.0541. The van der Waals surface area contributed by atoms with E-state index in [2.05, 4.69) is 10.3 Å². The second-order valence-corrected chi connectivity index (χ2v) is 7.22. The zero-order valence-corrected chi connectivity index (χ0v) is 16.9. The van der Waals surface area contributed by atoms with E-state index in [4.69, 9.17) is 13.9 Å². The van der Waals surface area contributed by atoms with E-state index in [0.29, 0.717) is 17.2 Å². The van der Waals surface area contributed by atoms with Crippen LogP contribution in [0.25, 0.3) is 10.8 Å². The molecule has 4 aromatic rings. The fraction of sp³-hybridized carbons (Fsp3) is 0.0800. The molecule has 0 radical (unpaired) electrons. The molecule has 0 spiro atoms. The highest BCUT2D eigenvalue weighted by molar-refractivity contribution is 6.45. The summed E-state index contributed by atoms with van der Waals surface area (Å²) >= 11 is 0. The standard InChI is InChI=1S/C25H18N2O5/c28-24(26-19-9-8-17-4-1-2-5-18(17)14-19)20(27-25(29)22-6-3-11-30-22)12-16-7-10-21-23(13-16)32-15-31-21/h1-11,13-14H,12,15H2,(H,26,28). The molecule has 7 heteroatoms. The molecule has 0 fully saturated rings. The van der Waals surface area contributed by atoms with Crippen molar-refractivity contribution in [3.8, 4) is 11.5 Å². The fourth-order valence-corrected chi connectivity index (χ4v) is 3.46. The Bertz CT molecular complexity index is 1340. The average molecular weight is 426 g/mol. The van der Waals surface area contributed by atoms with Crippen LogP contribution < -0.4 is 14.8 Å². The van der Waals surface area contributed by atoms with Crippen LogP contribution in [0.1, 0.15) is 16.1 Å². The number of benzene rings is 3. The molecule has 7 nitrogen and oxygen atoms in total. The molecule has 1 aliphatic rings. The third-order valence-corrected chi connectivity index (χ3v) is 5.05. The molecular weight excluding hydrogens is 408 g/mol. The molecule has 0 bridgehead atoms. The Morgan fingerprint density at radius 1 is 0.875 bits per heavy atom. The van der Waals surface area contributed by atoms with Crippen molar-refractivity contribution in [2.75, 3.05) is 12.1 Å². The van der Waals surface area contributed by atoms with Gasteiger partial charge in [0.25, 0.3) is 5.91 Å². The zero-order valence-electron chi connectivity index (χ0n) is 16.9. The van der Waals surface area contributed by atoms with Gasteiger partial charge in [-0.15, -0.1) is 0 Å². The number of rotatable bonds is 5. The number of furan rings is 1. The molecule has 0 atom stereocenters. The van der Waals surface area contributed by atoms with E-state index in [-0.39, 0.29) is 24.7 Å². The number of aliphatic imine (C=N–C) groups is 1. The Kier molecular flexibility index (Phi) is 5.13. The Balaban J connectivity index is 1.43. The largest absolute Gasteiger partial charge is 0.459 e. The lowest BCUT2D eigenvalue weighted by Crippen LogP contribution is -2.26. The second kappa shape index (κ2) is 8.39. The first-order chi connectivity index (χ1) is 15.7. The second-order valence-electron chi connectivity index (χ2n) is 7.22. The summed E-state index contributed by atoms with van der Waals surface area (Å²) in [5.41, 5.74) is 1.42. The molecule has 3 aromatic carbocycles. The fourth-order valence-electron chi connectivity index (χ4n) is 3.46. The number of fused-ring (bicyclic) bond motifs is 2. The quantitative estimate of drug-likeness (QED) is 0.470. The van der Waals surface area contributed by atoms with Gasteiger partial charge in [-0.3, -0.25) is 9.59 Å². The molecule has 5 rings (SSSR count). The third kappa shape index (κ3) is 4.09. The van der Waals surface area contributed by atoms with Gasteiger partial charge in [-0.1, -0.05) is 36.4 Å². The maximum atomic E-state index is 13.1. The summed E-state index contributed by atoms with van der Waals surface area (Å²) < 4.78 is 15.9. The van der Waals surface area contributed by atoms with Gasteiger partial charge in [-0.2, -0.15) is 0 Å². The molecular formula is C25H18N2O5. The van der Waals surface area contributed by atoms with Crippen LogP contribution >= 0.6 is 0 Å². The number of ether oxygens (including phenoxy) is 2. The monoisotopic (exact) mass is 426 g/mol. The number of amides is 2. The number of carbonyl (C=O) groups excluding carboxylic acids is 2. The molecule has 32 heavy (non-hydrogen) atoms. The van der Waals surface area contributed by atoms with Gasteiger partial charge in [0.2, 0.25) is 6.79 Å². The molecule has 1 aromatic heterocycles. The summed E-state index contributed by atoms with van der Waals surface area (Å²) in [4.78, 5) is 29.7. The van der Waals surface area contributed by atoms with E-state index in [1.54, 1.807) is 18.2 Å². The summed E-state index contributed by atoms with van der Waals surface area (Å²) in [5.74, 6) is 0.192. The molecule has 0 unspecified atom stereocenters. The Hall–Kier alpha value is -4.39. The molecule has 0 saturated heterocycles. The predicted molar refractivity (Wildman–Crippen MR) is 119 cm³/mol. The van der Waals surface area contributed by atoms with Crippen LogP contribution in [0.2, 0.25) is 0 Å². The number of nitrogens with zero attached hydrogens (tertiary/aromatic N) is 1. The van der Waals surface area contributed by atoms with Crippen LogP contribution in [0, 0.1) is 0 Å². The number of nitrogens with one attached hydrogen (secondary N) is 1. The highest BCUT2D eigenvalue weighted by Crippen LogP contribution is 2.32. The first-order valence-electron chi connectivity index (χ1n) is 10.00. The molecule has 0 aliphatic carbocycles. The van der Waals surface area contributed by atoms with Gasteiger partial charge in [-0.25, -0.2) is 4.99 Å². The van der Waals surface area contributed by atoms with E-state index >= 15 is 0 Å². The van der Waals surface area contributed by atoms with Crippen molar-refractivity contribution in [1.29, 1.82) is 0 Å². The number of carbonyl (C=O) groups is 2. The normalized spacial score (nSPS) is 12.7. The Morgan fingerprint density at radius 3 is 2.56 bits per heavy atom. The highest BCUT2D eigenvalue weighted by Gasteiger charge is 2.19. The topological polar surface area (TPSA) is 90.1 Å². The van der Waals surface area contributed by atoms with Crippen LogP contribution in [-0.2, 0) is 11.2 Å². The summed E-state index contributed by atoms with van der Waals surface area (Å²) in [5, 5.41) is 4.90. The lowest BCUT2D eigenvalue weighted by atomic mass is 10.1. The predicted octanol–water partition coefficient (Wildman–Crippen LogP) is 4.62. The summed E-state index contributed by atoms with van der Waals surface area (Å²) in [7, 11) is 0. The molecule has 2 heterocycles. The maximum absolute atomic E-state index is 13.1. The minimum Gasteiger partial charge on any atom is -0.459 e. The summed E-state index contributed by atoms with van der Waals surface area (Å²) in [6.45, 7) is 0.152. The van der Waals surface area contributed by atoms with Crippen LogP contribution in [0.4, 0.5) is 5.69 Å². The van der Waals surface area contributed by atoms with E-state index in [9.17, 15) is 9.59 Å². The van der Waals surface area contributed by atoms with Crippen molar-refractivity contribution in [1.82, 2.24) is 0 Å². The molecule has 158 valence electrons. The summed E-state index contributed by atoms with van der Waals surface area (Å²) in [6, 6.07) is 21.9. The van der Waals surface area contributed by atoms with Crippen molar-refractivity contribution in [2.24, 2.45) is 4.99 Å². The first-order valence-corrected chi connectivity index (χ1v) is 10.00. The van der Waals surface area contributed by atoms with Gasteiger partial charge in [0.15, 0.2) is 17.3 Å². The zero-order chi connectivity index (χ0) is 21.9. The number of anilines is 1. The average Bonchev–Trinajstić information content (AvgIpc) is 3.50.